The van der Waals surface area contributed by atoms with Crippen molar-refractivity contribution in [2.45, 2.75) is 13.5 Å². The summed E-state index contributed by atoms with van der Waals surface area (Å²) in [6.45, 7) is 4.47. The quantitative estimate of drug-likeness (QED) is 0.478. The van der Waals surface area contributed by atoms with Crippen LogP contribution < -0.4 is 21.3 Å². The lowest BCUT2D eigenvalue weighted by Gasteiger charge is -2.35. The first-order chi connectivity index (χ1) is 16.8. The molecule has 35 heavy (non-hydrogen) atoms. The Morgan fingerprint density at radius 2 is 1.77 bits per heavy atom. The molecule has 1 fully saturated rings. The summed E-state index contributed by atoms with van der Waals surface area (Å²) >= 11 is 0. The number of hydrogen-bond acceptors (Lipinski definition) is 6. The van der Waals surface area contributed by atoms with Gasteiger partial charge >= 0.3 is 0 Å². The largest absolute Gasteiger partial charge is 0.380 e. The van der Waals surface area contributed by atoms with Crippen LogP contribution in [0, 0.1) is 11.6 Å². The summed E-state index contributed by atoms with van der Waals surface area (Å²) < 4.78 is 27.5. The number of carbonyl (C=O) groups is 2. The van der Waals surface area contributed by atoms with E-state index < -0.39 is 17.5 Å². The van der Waals surface area contributed by atoms with E-state index in [2.05, 4.69) is 20.5 Å². The number of amides is 2. The van der Waals surface area contributed by atoms with E-state index >= 15 is 0 Å². The molecule has 0 aliphatic carbocycles. The lowest BCUT2D eigenvalue weighted by molar-refractivity contribution is -0.129. The van der Waals surface area contributed by atoms with Gasteiger partial charge < -0.3 is 26.2 Å². The molecule has 1 aromatic heterocycles. The molecule has 1 saturated heterocycles. The van der Waals surface area contributed by atoms with Crippen LogP contribution in [0.15, 0.2) is 54.7 Å². The number of nitrogens with one attached hydrogen (secondary N) is 2. The summed E-state index contributed by atoms with van der Waals surface area (Å²) in [5.74, 6) is -2.05. The van der Waals surface area contributed by atoms with Crippen LogP contribution in [-0.2, 0) is 11.3 Å². The number of halogens is 2. The number of pyridine rings is 1. The number of rotatable bonds is 7. The maximum absolute atomic E-state index is 14.0. The molecule has 182 valence electrons. The van der Waals surface area contributed by atoms with Gasteiger partial charge in [-0.3, -0.25) is 9.59 Å². The van der Waals surface area contributed by atoms with Gasteiger partial charge in [0.05, 0.1) is 11.3 Å². The van der Waals surface area contributed by atoms with Gasteiger partial charge in [-0.1, -0.05) is 12.1 Å². The summed E-state index contributed by atoms with van der Waals surface area (Å²) in [7, 11) is 0. The highest BCUT2D eigenvalue weighted by molar-refractivity contribution is 5.98. The number of anilines is 4. The fourth-order valence-electron chi connectivity index (χ4n) is 3.92. The van der Waals surface area contributed by atoms with Crippen molar-refractivity contribution < 1.29 is 18.4 Å². The first kappa shape index (κ1) is 23.9. The van der Waals surface area contributed by atoms with Crippen molar-refractivity contribution in [3.63, 3.8) is 0 Å². The van der Waals surface area contributed by atoms with Crippen LogP contribution in [0.5, 0.6) is 0 Å². The average molecular weight is 481 g/mol. The second-order valence-electron chi connectivity index (χ2n) is 8.21. The Morgan fingerprint density at radius 3 is 2.43 bits per heavy atom. The van der Waals surface area contributed by atoms with Crippen molar-refractivity contribution in [2.24, 2.45) is 5.73 Å². The van der Waals surface area contributed by atoms with Crippen LogP contribution in [0.1, 0.15) is 22.8 Å². The zero-order valence-electron chi connectivity index (χ0n) is 19.2. The Labute approximate surface area is 201 Å². The molecule has 0 saturated carbocycles. The minimum Gasteiger partial charge on any atom is -0.380 e. The SMILES string of the molecule is CC(=O)N1CCN(c2ccc(Nc3cc(NCc4cccc(F)c4F)c(C(N)=O)cn3)cc2)CC1. The molecule has 2 aromatic carbocycles. The Hall–Kier alpha value is -4.21. The highest BCUT2D eigenvalue weighted by Gasteiger charge is 2.19. The molecule has 2 amide bonds. The fraction of sp³-hybridized carbons (Fsp3) is 0.240. The van der Waals surface area contributed by atoms with E-state index in [1.807, 2.05) is 29.2 Å². The Bertz CT molecular complexity index is 1230. The molecular weight excluding hydrogens is 454 g/mol. The normalized spacial score (nSPS) is 13.5. The number of nitrogens with zero attached hydrogens (tertiary/aromatic N) is 3. The number of aromatic nitrogens is 1. The number of piperazine rings is 1. The number of primary amides is 1. The number of hydrogen-bond donors (Lipinski definition) is 3. The Morgan fingerprint density at radius 1 is 1.06 bits per heavy atom. The van der Waals surface area contributed by atoms with Crippen molar-refractivity contribution in [3.05, 3.63) is 77.5 Å². The van der Waals surface area contributed by atoms with E-state index in [9.17, 15) is 18.4 Å². The molecule has 10 heteroatoms. The monoisotopic (exact) mass is 480 g/mol. The third kappa shape index (κ3) is 5.65. The summed E-state index contributed by atoms with van der Waals surface area (Å²) in [4.78, 5) is 31.6. The Kier molecular flexibility index (Phi) is 7.09. The van der Waals surface area contributed by atoms with Crippen LogP contribution in [0.2, 0.25) is 0 Å². The first-order valence-electron chi connectivity index (χ1n) is 11.2. The molecule has 0 unspecified atom stereocenters. The molecule has 1 aliphatic heterocycles. The van der Waals surface area contributed by atoms with E-state index in [1.165, 1.54) is 18.3 Å². The number of benzene rings is 2. The third-order valence-electron chi connectivity index (χ3n) is 5.90. The fourth-order valence-corrected chi connectivity index (χ4v) is 3.92. The lowest BCUT2D eigenvalue weighted by atomic mass is 10.1. The Balaban J connectivity index is 1.45. The van der Waals surface area contributed by atoms with Crippen molar-refractivity contribution in [3.8, 4) is 0 Å². The summed E-state index contributed by atoms with van der Waals surface area (Å²) in [6, 6.07) is 13.3. The van der Waals surface area contributed by atoms with Crippen LogP contribution in [0.25, 0.3) is 0 Å². The number of carbonyl (C=O) groups excluding carboxylic acids is 2. The van der Waals surface area contributed by atoms with E-state index in [0.717, 1.165) is 30.5 Å². The van der Waals surface area contributed by atoms with Gasteiger partial charge in [0, 0.05) is 68.8 Å². The van der Waals surface area contributed by atoms with Gasteiger partial charge in [-0.05, 0) is 30.3 Å². The highest BCUT2D eigenvalue weighted by atomic mass is 19.2. The standard InChI is InChI=1S/C25H26F2N6O2/c1-16(34)32-9-11-33(12-10-32)19-7-5-18(6-8-19)31-23-13-22(20(15-30-23)25(28)35)29-14-17-3-2-4-21(26)24(17)27/h2-8,13,15H,9-12,14H2,1H3,(H2,28,35)(H2,29,30,31). The van der Waals surface area contributed by atoms with Gasteiger partial charge in [-0.15, -0.1) is 0 Å². The minimum absolute atomic E-state index is 0.0427. The zero-order chi connectivity index (χ0) is 24.9. The molecule has 2 heterocycles. The molecular formula is C25H26F2N6O2. The van der Waals surface area contributed by atoms with E-state index in [1.54, 1.807) is 13.0 Å². The predicted molar refractivity (Wildman–Crippen MR) is 131 cm³/mol. The predicted octanol–water partition coefficient (Wildman–Crippen LogP) is 3.48. The molecule has 8 nitrogen and oxygen atoms in total. The van der Waals surface area contributed by atoms with Crippen molar-refractivity contribution >= 4 is 34.7 Å². The molecule has 3 aromatic rings. The van der Waals surface area contributed by atoms with Crippen LogP contribution in [0.3, 0.4) is 0 Å². The highest BCUT2D eigenvalue weighted by Crippen LogP contribution is 2.25. The maximum Gasteiger partial charge on any atom is 0.252 e. The van der Waals surface area contributed by atoms with Crippen LogP contribution in [-0.4, -0.2) is 47.9 Å². The van der Waals surface area contributed by atoms with E-state index in [4.69, 9.17) is 5.73 Å². The molecule has 1 aliphatic rings. The first-order valence-corrected chi connectivity index (χ1v) is 11.2. The second kappa shape index (κ2) is 10.4. The molecule has 0 spiro atoms. The van der Waals surface area contributed by atoms with Gasteiger partial charge in [0.25, 0.3) is 5.91 Å². The third-order valence-corrected chi connectivity index (χ3v) is 5.90. The van der Waals surface area contributed by atoms with Gasteiger partial charge in [0.1, 0.15) is 5.82 Å². The zero-order valence-corrected chi connectivity index (χ0v) is 19.2. The average Bonchev–Trinajstić information content (AvgIpc) is 2.85. The molecule has 4 rings (SSSR count). The molecule has 0 atom stereocenters. The van der Waals surface area contributed by atoms with Crippen molar-refractivity contribution in [2.75, 3.05) is 41.7 Å². The van der Waals surface area contributed by atoms with E-state index in [0.29, 0.717) is 24.6 Å². The molecule has 0 bridgehead atoms. The van der Waals surface area contributed by atoms with Gasteiger partial charge in [-0.25, -0.2) is 13.8 Å². The summed E-state index contributed by atoms with van der Waals surface area (Å²) in [5.41, 5.74) is 7.87. The van der Waals surface area contributed by atoms with Crippen LogP contribution >= 0.6 is 0 Å². The van der Waals surface area contributed by atoms with Gasteiger partial charge in [0.15, 0.2) is 11.6 Å². The van der Waals surface area contributed by atoms with Gasteiger partial charge in [0.2, 0.25) is 5.91 Å². The maximum atomic E-state index is 14.0. The van der Waals surface area contributed by atoms with Crippen LogP contribution in [0.4, 0.5) is 31.7 Å². The lowest BCUT2D eigenvalue weighted by Crippen LogP contribution is -2.48. The topological polar surface area (TPSA) is 104 Å². The summed E-state index contributed by atoms with van der Waals surface area (Å²) in [5, 5.41) is 6.12. The van der Waals surface area contributed by atoms with E-state index in [-0.39, 0.29) is 23.6 Å². The van der Waals surface area contributed by atoms with Crippen molar-refractivity contribution in [1.29, 1.82) is 0 Å². The van der Waals surface area contributed by atoms with Crippen molar-refractivity contribution in [1.82, 2.24) is 9.88 Å². The second-order valence-corrected chi connectivity index (χ2v) is 8.21. The minimum atomic E-state index is -0.948. The van der Waals surface area contributed by atoms with Gasteiger partial charge in [-0.2, -0.15) is 0 Å². The summed E-state index contributed by atoms with van der Waals surface area (Å²) in [6.07, 6.45) is 1.33. The number of nitrogens with two attached hydrogens (primary N) is 1. The smallest absolute Gasteiger partial charge is 0.252 e. The molecule has 0 radical (unpaired) electrons. The molecule has 4 N–H and O–H groups in total.